The summed E-state index contributed by atoms with van der Waals surface area (Å²) >= 11 is 0. The molecule has 0 spiro atoms. The third kappa shape index (κ3) is 4.62. The summed E-state index contributed by atoms with van der Waals surface area (Å²) in [5.41, 5.74) is 1.85. The van der Waals surface area contributed by atoms with Crippen LogP contribution in [-0.4, -0.2) is 28.8 Å². The number of aryl methyl sites for hydroxylation is 1. The van der Waals surface area contributed by atoms with E-state index >= 15 is 0 Å². The van der Waals surface area contributed by atoms with Gasteiger partial charge >= 0.3 is 12.0 Å². The zero-order valence-electron chi connectivity index (χ0n) is 12.1. The highest BCUT2D eigenvalue weighted by molar-refractivity contribution is 5.87. The van der Waals surface area contributed by atoms with Gasteiger partial charge in [0.2, 0.25) is 0 Å². The van der Waals surface area contributed by atoms with E-state index in [4.69, 9.17) is 9.63 Å². The molecule has 0 atom stereocenters. The normalized spacial score (nSPS) is 10.2. The van der Waals surface area contributed by atoms with Crippen LogP contribution in [0.4, 0.5) is 4.79 Å². The van der Waals surface area contributed by atoms with Gasteiger partial charge < -0.3 is 20.3 Å². The number of carboxylic acids is 1. The molecule has 0 radical (unpaired) electrons. The first-order valence-corrected chi connectivity index (χ1v) is 6.81. The molecule has 1 heterocycles. The van der Waals surface area contributed by atoms with Crippen molar-refractivity contribution in [3.05, 3.63) is 52.9 Å². The van der Waals surface area contributed by atoms with Crippen molar-refractivity contribution in [1.82, 2.24) is 15.8 Å². The van der Waals surface area contributed by atoms with Gasteiger partial charge in [-0.2, -0.15) is 0 Å². The average molecular weight is 303 g/mol. The van der Waals surface area contributed by atoms with Crippen LogP contribution >= 0.6 is 0 Å². The van der Waals surface area contributed by atoms with Crippen molar-refractivity contribution >= 4 is 12.0 Å². The Labute approximate surface area is 127 Å². The number of carbonyl (C=O) groups is 2. The predicted octanol–water partition coefficient (Wildman–Crippen LogP) is 1.72. The number of amides is 2. The van der Waals surface area contributed by atoms with E-state index in [1.165, 1.54) is 12.1 Å². The Morgan fingerprint density at radius 3 is 2.55 bits per heavy atom. The van der Waals surface area contributed by atoms with Crippen LogP contribution in [0.5, 0.6) is 0 Å². The summed E-state index contributed by atoms with van der Waals surface area (Å²) < 4.78 is 5.04. The third-order valence-corrected chi connectivity index (χ3v) is 2.99. The van der Waals surface area contributed by atoms with E-state index in [0.717, 1.165) is 17.0 Å². The Kier molecular flexibility index (Phi) is 5.13. The molecule has 1 aromatic carbocycles. The summed E-state index contributed by atoms with van der Waals surface area (Å²) in [5.74, 6) is -0.248. The van der Waals surface area contributed by atoms with Crippen LogP contribution in [0.3, 0.4) is 0 Å². The maximum Gasteiger partial charge on any atom is 0.335 e. The van der Waals surface area contributed by atoms with Crippen molar-refractivity contribution in [3.8, 4) is 0 Å². The van der Waals surface area contributed by atoms with Crippen molar-refractivity contribution in [2.75, 3.05) is 6.54 Å². The number of aromatic carboxylic acids is 1. The first-order valence-electron chi connectivity index (χ1n) is 6.81. The van der Waals surface area contributed by atoms with E-state index in [1.807, 2.05) is 13.0 Å². The van der Waals surface area contributed by atoms with Gasteiger partial charge in [0.05, 0.1) is 11.3 Å². The highest BCUT2D eigenvalue weighted by atomic mass is 16.5. The van der Waals surface area contributed by atoms with Crippen LogP contribution in [0.15, 0.2) is 34.9 Å². The third-order valence-electron chi connectivity index (χ3n) is 2.99. The number of nitrogens with zero attached hydrogens (tertiary/aromatic N) is 1. The van der Waals surface area contributed by atoms with E-state index in [0.29, 0.717) is 19.5 Å². The Hall–Kier alpha value is -2.83. The molecule has 0 aliphatic heterocycles. The van der Waals surface area contributed by atoms with Gasteiger partial charge in [-0.15, -0.1) is 0 Å². The summed E-state index contributed by atoms with van der Waals surface area (Å²) in [6.07, 6.45) is 0.571. The molecule has 116 valence electrons. The lowest BCUT2D eigenvalue weighted by Gasteiger charge is -2.07. The van der Waals surface area contributed by atoms with Crippen LogP contribution in [0.2, 0.25) is 0 Å². The second kappa shape index (κ2) is 7.26. The first-order chi connectivity index (χ1) is 10.5. The quantitative estimate of drug-likeness (QED) is 0.753. The topological polar surface area (TPSA) is 104 Å². The summed E-state index contributed by atoms with van der Waals surface area (Å²) in [6.45, 7) is 2.61. The fraction of sp³-hybridized carbons (Fsp3) is 0.267. The molecule has 0 saturated heterocycles. The maximum absolute atomic E-state index is 11.6. The molecule has 2 aromatic rings. The predicted molar refractivity (Wildman–Crippen MR) is 78.6 cm³/mol. The molecule has 0 bridgehead atoms. The molecule has 0 saturated carbocycles. The van der Waals surface area contributed by atoms with Crippen LogP contribution < -0.4 is 10.6 Å². The second-order valence-corrected chi connectivity index (χ2v) is 4.80. The lowest BCUT2D eigenvalue weighted by Crippen LogP contribution is -2.36. The van der Waals surface area contributed by atoms with Crippen molar-refractivity contribution in [3.63, 3.8) is 0 Å². The van der Waals surface area contributed by atoms with Gasteiger partial charge in [0.15, 0.2) is 0 Å². The number of urea groups is 1. The van der Waals surface area contributed by atoms with E-state index in [2.05, 4.69) is 15.8 Å². The van der Waals surface area contributed by atoms with E-state index in [1.54, 1.807) is 12.1 Å². The molecular weight excluding hydrogens is 286 g/mol. The van der Waals surface area contributed by atoms with E-state index < -0.39 is 5.97 Å². The summed E-state index contributed by atoms with van der Waals surface area (Å²) in [7, 11) is 0. The second-order valence-electron chi connectivity index (χ2n) is 4.80. The van der Waals surface area contributed by atoms with E-state index in [9.17, 15) is 9.59 Å². The Bertz CT molecular complexity index is 649. The molecule has 1 aromatic heterocycles. The Morgan fingerprint density at radius 2 is 1.95 bits per heavy atom. The number of hydrogen-bond acceptors (Lipinski definition) is 4. The van der Waals surface area contributed by atoms with Crippen molar-refractivity contribution in [1.29, 1.82) is 0 Å². The molecule has 3 N–H and O–H groups in total. The largest absolute Gasteiger partial charge is 0.478 e. The summed E-state index contributed by atoms with van der Waals surface area (Å²) in [5, 5.41) is 18.0. The number of nitrogens with one attached hydrogen (secondary N) is 2. The molecule has 0 aliphatic carbocycles. The molecule has 0 aliphatic rings. The number of carbonyl (C=O) groups excluding carboxylic acids is 1. The molecule has 7 nitrogen and oxygen atoms in total. The maximum atomic E-state index is 11.6. The number of hydrogen-bond donors (Lipinski definition) is 3. The smallest absolute Gasteiger partial charge is 0.335 e. The lowest BCUT2D eigenvalue weighted by molar-refractivity contribution is 0.0697. The van der Waals surface area contributed by atoms with Crippen molar-refractivity contribution in [2.45, 2.75) is 19.9 Å². The van der Waals surface area contributed by atoms with Gasteiger partial charge in [-0.25, -0.2) is 9.59 Å². The van der Waals surface area contributed by atoms with Gasteiger partial charge in [-0.1, -0.05) is 17.3 Å². The van der Waals surface area contributed by atoms with Crippen molar-refractivity contribution < 1.29 is 19.2 Å². The molecule has 7 heteroatoms. The summed E-state index contributed by atoms with van der Waals surface area (Å²) in [4.78, 5) is 22.3. The summed E-state index contributed by atoms with van der Waals surface area (Å²) in [6, 6.07) is 7.87. The fourth-order valence-corrected chi connectivity index (χ4v) is 1.84. The molecule has 2 amide bonds. The average Bonchev–Trinajstić information content (AvgIpc) is 2.91. The van der Waals surface area contributed by atoms with Crippen LogP contribution in [0, 0.1) is 6.92 Å². The monoisotopic (exact) mass is 303 g/mol. The van der Waals surface area contributed by atoms with Gasteiger partial charge in [0.25, 0.3) is 0 Å². The zero-order valence-corrected chi connectivity index (χ0v) is 12.1. The highest BCUT2D eigenvalue weighted by Crippen LogP contribution is 2.04. The van der Waals surface area contributed by atoms with Crippen molar-refractivity contribution in [2.24, 2.45) is 0 Å². The lowest BCUT2D eigenvalue weighted by atomic mass is 10.1. The van der Waals surface area contributed by atoms with Crippen LogP contribution in [-0.2, 0) is 13.0 Å². The molecule has 0 unspecified atom stereocenters. The molecule has 2 rings (SSSR count). The van der Waals surface area contributed by atoms with Crippen LogP contribution in [0.1, 0.15) is 27.4 Å². The zero-order chi connectivity index (χ0) is 15.9. The Balaban J connectivity index is 1.69. The Morgan fingerprint density at radius 1 is 1.23 bits per heavy atom. The van der Waals surface area contributed by atoms with Gasteiger partial charge in [-0.3, -0.25) is 0 Å². The molecule has 0 fully saturated rings. The van der Waals surface area contributed by atoms with Crippen LogP contribution in [0.25, 0.3) is 0 Å². The standard InChI is InChI=1S/C15H17N3O4/c1-10-8-13(22-18-10)6-7-16-15(21)17-9-11-2-4-12(5-3-11)14(19)20/h2-5,8H,6-7,9H2,1H3,(H,19,20)(H2,16,17,21). The van der Waals surface area contributed by atoms with Gasteiger partial charge in [-0.05, 0) is 24.6 Å². The number of carboxylic acid groups (broad SMARTS) is 1. The highest BCUT2D eigenvalue weighted by Gasteiger charge is 2.05. The number of aromatic nitrogens is 1. The number of benzene rings is 1. The SMILES string of the molecule is Cc1cc(CCNC(=O)NCc2ccc(C(=O)O)cc2)on1. The van der Waals surface area contributed by atoms with E-state index in [-0.39, 0.29) is 11.6 Å². The molecular formula is C15H17N3O4. The fourth-order valence-electron chi connectivity index (χ4n) is 1.84. The van der Waals surface area contributed by atoms with Gasteiger partial charge in [0.1, 0.15) is 5.76 Å². The minimum Gasteiger partial charge on any atom is -0.478 e. The number of rotatable bonds is 6. The minimum atomic E-state index is -0.972. The van der Waals surface area contributed by atoms with Gasteiger partial charge in [0, 0.05) is 25.6 Å². The first kappa shape index (κ1) is 15.6. The minimum absolute atomic E-state index is 0.218. The molecule has 22 heavy (non-hydrogen) atoms.